The molecule has 2 rings (SSSR count). The zero-order chi connectivity index (χ0) is 54.6. The van der Waals surface area contributed by atoms with Gasteiger partial charge in [0.1, 0.15) is 48.8 Å². The van der Waals surface area contributed by atoms with Crippen molar-refractivity contribution in [1.29, 1.82) is 0 Å². The quantitative estimate of drug-likeness (QED) is 0.0205. The second kappa shape index (κ2) is 46.4. The zero-order valence-electron chi connectivity index (χ0n) is 46.5. The van der Waals surface area contributed by atoms with Crippen LogP contribution in [0.15, 0.2) is 72.9 Å². The molecule has 434 valence electrons. The molecule has 2 aliphatic heterocycles. The van der Waals surface area contributed by atoms with Gasteiger partial charge in [-0.05, 0) is 83.5 Å². The molecular formula is C61H107NO13. The van der Waals surface area contributed by atoms with Crippen molar-refractivity contribution in [3.63, 3.8) is 0 Å². The molecule has 9 N–H and O–H groups in total. The summed E-state index contributed by atoms with van der Waals surface area (Å²) in [6.45, 7) is 2.75. The predicted octanol–water partition coefficient (Wildman–Crippen LogP) is 9.94. The van der Waals surface area contributed by atoms with Crippen molar-refractivity contribution in [1.82, 2.24) is 5.32 Å². The molecule has 0 radical (unpaired) electrons. The number of aliphatic hydroxyl groups is 8. The largest absolute Gasteiger partial charge is 0.394 e. The van der Waals surface area contributed by atoms with Gasteiger partial charge in [0, 0.05) is 6.42 Å². The van der Waals surface area contributed by atoms with Crippen LogP contribution in [0.1, 0.15) is 213 Å². The number of ether oxygens (including phenoxy) is 4. The zero-order valence-corrected chi connectivity index (χ0v) is 46.5. The first-order valence-corrected chi connectivity index (χ1v) is 29.7. The number of hydrogen-bond donors (Lipinski definition) is 9. The molecule has 0 aromatic rings. The molecule has 2 heterocycles. The Morgan fingerprint density at radius 2 is 0.893 bits per heavy atom. The summed E-state index contributed by atoms with van der Waals surface area (Å²) >= 11 is 0. The summed E-state index contributed by atoms with van der Waals surface area (Å²) in [7, 11) is 0. The number of nitrogens with one attached hydrogen (secondary N) is 1. The fourth-order valence-electron chi connectivity index (χ4n) is 9.27. The third-order valence-corrected chi connectivity index (χ3v) is 14.1. The summed E-state index contributed by atoms with van der Waals surface area (Å²) in [6, 6.07) is -0.946. The highest BCUT2D eigenvalue weighted by Crippen LogP contribution is 2.30. The van der Waals surface area contributed by atoms with E-state index in [9.17, 15) is 45.6 Å². The van der Waals surface area contributed by atoms with Crippen LogP contribution in [0.4, 0.5) is 0 Å². The molecule has 12 atom stereocenters. The van der Waals surface area contributed by atoms with Gasteiger partial charge in [0.15, 0.2) is 12.6 Å². The van der Waals surface area contributed by atoms with Crippen molar-refractivity contribution >= 4 is 5.91 Å². The first kappa shape index (κ1) is 68.5. The van der Waals surface area contributed by atoms with Crippen LogP contribution in [0, 0.1) is 0 Å². The van der Waals surface area contributed by atoms with E-state index in [4.69, 9.17) is 18.9 Å². The average Bonchev–Trinajstić information content (AvgIpc) is 3.41. The van der Waals surface area contributed by atoms with Gasteiger partial charge in [-0.2, -0.15) is 0 Å². The van der Waals surface area contributed by atoms with Gasteiger partial charge < -0.3 is 65.1 Å². The minimum absolute atomic E-state index is 0.258. The number of unbranched alkanes of at least 4 members (excludes halogenated alkanes) is 23. The molecule has 0 aromatic carbocycles. The first-order valence-electron chi connectivity index (χ1n) is 29.7. The molecule has 0 saturated carbocycles. The Balaban J connectivity index is 1.80. The number of carbonyl (C=O) groups excluding carboxylic acids is 1. The van der Waals surface area contributed by atoms with E-state index in [0.717, 1.165) is 70.6 Å². The third-order valence-electron chi connectivity index (χ3n) is 14.1. The Labute approximate surface area is 453 Å². The van der Waals surface area contributed by atoms with E-state index < -0.39 is 86.8 Å². The molecule has 0 aliphatic carbocycles. The summed E-state index contributed by atoms with van der Waals surface area (Å²) in [6.07, 6.45) is 43.6. The summed E-state index contributed by atoms with van der Waals surface area (Å²) in [4.78, 5) is 13.3. The Kier molecular flexibility index (Phi) is 42.4. The van der Waals surface area contributed by atoms with Gasteiger partial charge in [-0.25, -0.2) is 0 Å². The van der Waals surface area contributed by atoms with Crippen molar-refractivity contribution in [2.75, 3.05) is 19.8 Å². The highest BCUT2D eigenvalue weighted by Gasteiger charge is 2.51. The van der Waals surface area contributed by atoms with Crippen molar-refractivity contribution < 1.29 is 64.6 Å². The van der Waals surface area contributed by atoms with Gasteiger partial charge in [-0.3, -0.25) is 4.79 Å². The smallest absolute Gasteiger partial charge is 0.220 e. The third kappa shape index (κ3) is 32.2. The fraction of sp³-hybridized carbons (Fsp3) is 0.787. The number of allylic oxidation sites excluding steroid dienone is 11. The van der Waals surface area contributed by atoms with Crippen LogP contribution in [0.3, 0.4) is 0 Å². The molecule has 0 aromatic heterocycles. The fourth-order valence-corrected chi connectivity index (χ4v) is 9.27. The number of aliphatic hydroxyl groups excluding tert-OH is 8. The van der Waals surface area contributed by atoms with Crippen LogP contribution in [-0.4, -0.2) is 140 Å². The Hall–Kier alpha value is -2.57. The number of rotatable bonds is 46. The molecule has 0 spiro atoms. The minimum atomic E-state index is -1.80. The van der Waals surface area contributed by atoms with Gasteiger partial charge in [0.05, 0.1) is 32.0 Å². The van der Waals surface area contributed by atoms with Crippen LogP contribution in [0.25, 0.3) is 0 Å². The normalized spacial score (nSPS) is 25.6. The predicted molar refractivity (Wildman–Crippen MR) is 300 cm³/mol. The lowest BCUT2D eigenvalue weighted by Gasteiger charge is -2.46. The molecule has 0 bridgehead atoms. The monoisotopic (exact) mass is 1060 g/mol. The van der Waals surface area contributed by atoms with E-state index in [1.165, 1.54) is 109 Å². The van der Waals surface area contributed by atoms with Gasteiger partial charge in [0.25, 0.3) is 0 Å². The lowest BCUT2D eigenvalue weighted by molar-refractivity contribution is -0.359. The molecule has 14 heteroatoms. The molecule has 1 amide bonds. The first-order chi connectivity index (χ1) is 36.6. The standard InChI is InChI=1S/C61H107NO13/c1-3-5-7-9-11-13-15-17-19-21-23-24-25-26-27-29-31-33-35-37-39-41-43-45-53(66)62-49(50(65)44-42-40-38-36-34-32-30-28-22-20-18-16-14-12-10-8-6-4-2)48-72-60-58(71)56(69)59(52(47-64)74-60)75-61-57(70)55(68)54(67)51(46-63)73-61/h15,17,21-23,25-26,28,34,36,42,44,49-52,54-61,63-65,67-71H,3-14,16,18-20,24,27,29-33,35,37-41,43,45-48H2,1-2H3,(H,62,66)/b17-15-,23-21-,26-25-,28-22+,36-34+,44-42+. The van der Waals surface area contributed by atoms with Gasteiger partial charge in [-0.15, -0.1) is 0 Å². The second-order valence-electron chi connectivity index (χ2n) is 20.7. The number of hydrogen-bond acceptors (Lipinski definition) is 13. The van der Waals surface area contributed by atoms with Gasteiger partial charge >= 0.3 is 0 Å². The Morgan fingerprint density at radius 3 is 1.40 bits per heavy atom. The topological polar surface area (TPSA) is 228 Å². The van der Waals surface area contributed by atoms with E-state index in [1.54, 1.807) is 6.08 Å². The number of carbonyl (C=O) groups is 1. The maximum Gasteiger partial charge on any atom is 0.220 e. The van der Waals surface area contributed by atoms with Crippen LogP contribution < -0.4 is 5.32 Å². The molecule has 2 fully saturated rings. The van der Waals surface area contributed by atoms with Crippen molar-refractivity contribution in [2.45, 2.75) is 286 Å². The summed E-state index contributed by atoms with van der Waals surface area (Å²) in [5.41, 5.74) is 0. The van der Waals surface area contributed by atoms with E-state index in [0.29, 0.717) is 12.8 Å². The lowest BCUT2D eigenvalue weighted by atomic mass is 9.97. The van der Waals surface area contributed by atoms with Crippen LogP contribution in [0.5, 0.6) is 0 Å². The molecule has 2 saturated heterocycles. The SMILES string of the molecule is CCCCCCC/C=C\C/C=C\C/C=C\CCCCCCCCCCC(=O)NC(COC1OC(CO)C(OC2OC(CO)C(O)C(O)C2O)C(O)C1O)C(O)/C=C/CC/C=C/CC/C=C/CCCCCCCCCC. The van der Waals surface area contributed by atoms with E-state index in [-0.39, 0.29) is 18.9 Å². The summed E-state index contributed by atoms with van der Waals surface area (Å²) in [5.74, 6) is -0.263. The van der Waals surface area contributed by atoms with Crippen molar-refractivity contribution in [3.05, 3.63) is 72.9 Å². The van der Waals surface area contributed by atoms with E-state index in [1.807, 2.05) is 6.08 Å². The minimum Gasteiger partial charge on any atom is -0.394 e. The lowest BCUT2D eigenvalue weighted by Crippen LogP contribution is -2.65. The van der Waals surface area contributed by atoms with Gasteiger partial charge in [0.2, 0.25) is 5.91 Å². The van der Waals surface area contributed by atoms with Crippen molar-refractivity contribution in [3.8, 4) is 0 Å². The maximum absolute atomic E-state index is 13.3. The molecule has 14 nitrogen and oxygen atoms in total. The van der Waals surface area contributed by atoms with Crippen LogP contribution in [-0.2, 0) is 23.7 Å². The Bertz CT molecular complexity index is 1530. The molecule has 2 aliphatic rings. The van der Waals surface area contributed by atoms with E-state index in [2.05, 4.69) is 79.9 Å². The van der Waals surface area contributed by atoms with Crippen LogP contribution in [0.2, 0.25) is 0 Å². The summed E-state index contributed by atoms with van der Waals surface area (Å²) in [5, 5.41) is 87.0. The second-order valence-corrected chi connectivity index (χ2v) is 20.7. The average molecular weight is 1060 g/mol. The highest BCUT2D eigenvalue weighted by molar-refractivity contribution is 5.76. The van der Waals surface area contributed by atoms with Crippen molar-refractivity contribution in [2.24, 2.45) is 0 Å². The highest BCUT2D eigenvalue weighted by atomic mass is 16.7. The Morgan fingerprint density at radius 1 is 0.480 bits per heavy atom. The molecule has 12 unspecified atom stereocenters. The summed E-state index contributed by atoms with van der Waals surface area (Å²) < 4.78 is 22.7. The van der Waals surface area contributed by atoms with Gasteiger partial charge in [-0.1, -0.05) is 196 Å². The van der Waals surface area contributed by atoms with E-state index >= 15 is 0 Å². The molecule has 75 heavy (non-hydrogen) atoms. The maximum atomic E-state index is 13.3. The number of amides is 1. The van der Waals surface area contributed by atoms with Crippen LogP contribution >= 0.6 is 0 Å². The molecular weight excluding hydrogens is 955 g/mol.